The summed E-state index contributed by atoms with van der Waals surface area (Å²) in [6.07, 6.45) is 1.43. The van der Waals surface area contributed by atoms with Gasteiger partial charge < -0.3 is 5.32 Å². The Balaban J connectivity index is 1.56. The molecule has 0 fully saturated rings. The third-order valence-corrected chi connectivity index (χ3v) is 6.07. The standard InChI is InChI=1S/C19H12Cl2N4OS2/c20-11-8-13(21)17(22-9-11)24-16(26)10-28-19-12-4-1-2-5-14(12)23-18(25-19)15-6-3-7-27-15/h1-9H,10H2,(H,22,24,26). The van der Waals surface area contributed by atoms with E-state index < -0.39 is 0 Å². The number of fused-ring (bicyclic) bond motifs is 1. The van der Waals surface area contributed by atoms with Crippen LogP contribution < -0.4 is 5.32 Å². The molecule has 0 saturated carbocycles. The zero-order chi connectivity index (χ0) is 19.5. The number of hydrogen-bond acceptors (Lipinski definition) is 6. The van der Waals surface area contributed by atoms with Crippen molar-refractivity contribution in [3.05, 3.63) is 64.1 Å². The Kier molecular flexibility index (Phi) is 5.77. The van der Waals surface area contributed by atoms with Gasteiger partial charge in [-0.25, -0.2) is 15.0 Å². The van der Waals surface area contributed by atoms with Crippen LogP contribution in [0.4, 0.5) is 5.82 Å². The second-order valence-corrected chi connectivity index (χ2v) is 8.42. The van der Waals surface area contributed by atoms with Crippen LogP contribution in [0, 0.1) is 0 Å². The van der Waals surface area contributed by atoms with Crippen molar-refractivity contribution in [3.63, 3.8) is 0 Å². The molecule has 1 N–H and O–H groups in total. The van der Waals surface area contributed by atoms with Gasteiger partial charge >= 0.3 is 0 Å². The van der Waals surface area contributed by atoms with E-state index in [1.807, 2.05) is 41.8 Å². The Morgan fingerprint density at radius 1 is 1.14 bits per heavy atom. The molecule has 5 nitrogen and oxygen atoms in total. The van der Waals surface area contributed by atoms with Gasteiger partial charge in [0.15, 0.2) is 11.6 Å². The number of nitrogens with zero attached hydrogens (tertiary/aromatic N) is 3. The minimum Gasteiger partial charge on any atom is -0.309 e. The van der Waals surface area contributed by atoms with Gasteiger partial charge in [-0.1, -0.05) is 59.2 Å². The van der Waals surface area contributed by atoms with Crippen molar-refractivity contribution in [2.45, 2.75) is 5.03 Å². The van der Waals surface area contributed by atoms with Crippen molar-refractivity contribution < 1.29 is 4.79 Å². The van der Waals surface area contributed by atoms with E-state index in [0.29, 0.717) is 15.9 Å². The highest BCUT2D eigenvalue weighted by atomic mass is 35.5. The molecule has 0 aliphatic rings. The number of para-hydroxylation sites is 1. The number of amides is 1. The molecule has 0 unspecified atom stereocenters. The molecule has 140 valence electrons. The van der Waals surface area contributed by atoms with Crippen LogP contribution >= 0.6 is 46.3 Å². The Morgan fingerprint density at radius 3 is 2.79 bits per heavy atom. The fourth-order valence-corrected chi connectivity index (χ4v) is 4.39. The summed E-state index contributed by atoms with van der Waals surface area (Å²) in [7, 11) is 0. The molecule has 0 spiro atoms. The van der Waals surface area contributed by atoms with Crippen LogP contribution in [0.25, 0.3) is 21.6 Å². The van der Waals surface area contributed by atoms with Crippen molar-refractivity contribution in [2.24, 2.45) is 0 Å². The summed E-state index contributed by atoms with van der Waals surface area (Å²) >= 11 is 14.8. The van der Waals surface area contributed by atoms with Gasteiger partial charge in [0.25, 0.3) is 0 Å². The van der Waals surface area contributed by atoms with E-state index in [-0.39, 0.29) is 17.5 Å². The minimum atomic E-state index is -0.234. The van der Waals surface area contributed by atoms with E-state index in [9.17, 15) is 4.79 Å². The smallest absolute Gasteiger partial charge is 0.235 e. The van der Waals surface area contributed by atoms with Crippen LogP contribution in [-0.4, -0.2) is 26.6 Å². The molecular weight excluding hydrogens is 435 g/mol. The zero-order valence-electron chi connectivity index (χ0n) is 14.2. The summed E-state index contributed by atoms with van der Waals surface area (Å²) in [5.41, 5.74) is 0.839. The van der Waals surface area contributed by atoms with Crippen molar-refractivity contribution in [1.82, 2.24) is 15.0 Å². The summed E-state index contributed by atoms with van der Waals surface area (Å²) < 4.78 is 0. The summed E-state index contributed by atoms with van der Waals surface area (Å²) in [6, 6.07) is 13.2. The Hall–Kier alpha value is -2.19. The van der Waals surface area contributed by atoms with E-state index in [0.717, 1.165) is 20.8 Å². The molecule has 28 heavy (non-hydrogen) atoms. The molecule has 0 bridgehead atoms. The molecule has 1 aromatic carbocycles. The number of benzene rings is 1. The first-order chi connectivity index (χ1) is 13.6. The number of thioether (sulfide) groups is 1. The maximum Gasteiger partial charge on any atom is 0.235 e. The fourth-order valence-electron chi connectivity index (χ4n) is 2.48. The topological polar surface area (TPSA) is 67.8 Å². The highest BCUT2D eigenvalue weighted by molar-refractivity contribution is 8.00. The van der Waals surface area contributed by atoms with E-state index in [4.69, 9.17) is 23.2 Å². The minimum absolute atomic E-state index is 0.158. The van der Waals surface area contributed by atoms with Crippen LogP contribution in [0.3, 0.4) is 0 Å². The summed E-state index contributed by atoms with van der Waals surface area (Å²) in [5, 5.41) is 7.03. The number of carbonyl (C=O) groups is 1. The van der Waals surface area contributed by atoms with Gasteiger partial charge in [-0.05, 0) is 23.6 Å². The van der Waals surface area contributed by atoms with Crippen LogP contribution in [0.1, 0.15) is 0 Å². The van der Waals surface area contributed by atoms with Crippen LogP contribution in [0.5, 0.6) is 0 Å². The second kappa shape index (κ2) is 8.45. The Morgan fingerprint density at radius 2 is 2.00 bits per heavy atom. The molecule has 0 aliphatic carbocycles. The SMILES string of the molecule is O=C(CSc1nc(-c2cccs2)nc2ccccc12)Nc1ncc(Cl)cc1Cl. The van der Waals surface area contributed by atoms with E-state index in [1.165, 1.54) is 24.0 Å². The average Bonchev–Trinajstić information content (AvgIpc) is 3.23. The second-order valence-electron chi connectivity index (χ2n) is 5.67. The first-order valence-corrected chi connectivity index (χ1v) is 10.8. The highest BCUT2D eigenvalue weighted by Crippen LogP contribution is 2.30. The number of carbonyl (C=O) groups excluding carboxylic acids is 1. The lowest BCUT2D eigenvalue weighted by atomic mass is 10.2. The molecule has 0 atom stereocenters. The van der Waals surface area contributed by atoms with Crippen molar-refractivity contribution in [1.29, 1.82) is 0 Å². The number of halogens is 2. The molecule has 4 rings (SSSR count). The summed E-state index contributed by atoms with van der Waals surface area (Å²) in [4.78, 5) is 26.7. The largest absolute Gasteiger partial charge is 0.309 e. The number of anilines is 1. The lowest BCUT2D eigenvalue weighted by molar-refractivity contribution is -0.113. The van der Waals surface area contributed by atoms with Gasteiger partial charge in [-0.3, -0.25) is 4.79 Å². The van der Waals surface area contributed by atoms with Gasteiger partial charge in [0, 0.05) is 11.6 Å². The molecular formula is C19H12Cl2N4OS2. The molecule has 0 radical (unpaired) electrons. The maximum absolute atomic E-state index is 12.4. The monoisotopic (exact) mass is 446 g/mol. The van der Waals surface area contributed by atoms with Crippen LogP contribution in [-0.2, 0) is 4.79 Å². The molecule has 1 amide bonds. The molecule has 3 heterocycles. The summed E-state index contributed by atoms with van der Waals surface area (Å²) in [6.45, 7) is 0. The number of nitrogens with one attached hydrogen (secondary N) is 1. The number of hydrogen-bond donors (Lipinski definition) is 1. The number of pyridine rings is 1. The molecule has 9 heteroatoms. The normalized spacial score (nSPS) is 10.9. The molecule has 4 aromatic rings. The molecule has 0 saturated heterocycles. The molecule has 0 aliphatic heterocycles. The third-order valence-electron chi connectivity index (χ3n) is 3.72. The van der Waals surface area contributed by atoms with E-state index in [1.54, 1.807) is 11.3 Å². The number of thiophene rings is 1. The predicted octanol–water partition coefficient (Wildman–Crippen LogP) is 5.79. The fraction of sp³-hybridized carbons (Fsp3) is 0.0526. The Bertz CT molecular complexity index is 1150. The van der Waals surface area contributed by atoms with Gasteiger partial charge in [-0.15, -0.1) is 11.3 Å². The van der Waals surface area contributed by atoms with Gasteiger partial charge in [0.1, 0.15) is 5.03 Å². The van der Waals surface area contributed by atoms with Crippen molar-refractivity contribution in [2.75, 3.05) is 11.1 Å². The predicted molar refractivity (Wildman–Crippen MR) is 116 cm³/mol. The first kappa shape index (κ1) is 19.1. The first-order valence-electron chi connectivity index (χ1n) is 8.14. The van der Waals surface area contributed by atoms with Crippen molar-refractivity contribution in [3.8, 4) is 10.7 Å². The van der Waals surface area contributed by atoms with E-state index in [2.05, 4.69) is 20.3 Å². The lowest BCUT2D eigenvalue weighted by Gasteiger charge is -2.09. The maximum atomic E-state index is 12.4. The van der Waals surface area contributed by atoms with Crippen LogP contribution in [0.15, 0.2) is 59.1 Å². The summed E-state index contributed by atoms with van der Waals surface area (Å²) in [5.74, 6) is 0.857. The van der Waals surface area contributed by atoms with Crippen LogP contribution in [0.2, 0.25) is 10.0 Å². The number of aromatic nitrogens is 3. The Labute approximate surface area is 179 Å². The van der Waals surface area contributed by atoms with E-state index >= 15 is 0 Å². The number of rotatable bonds is 5. The lowest BCUT2D eigenvalue weighted by Crippen LogP contribution is -2.15. The quantitative estimate of drug-likeness (QED) is 0.310. The van der Waals surface area contributed by atoms with Gasteiger partial charge in [0.05, 0.1) is 26.2 Å². The van der Waals surface area contributed by atoms with Crippen molar-refractivity contribution >= 4 is 68.9 Å². The highest BCUT2D eigenvalue weighted by Gasteiger charge is 2.13. The zero-order valence-corrected chi connectivity index (χ0v) is 17.4. The third kappa shape index (κ3) is 4.28. The van der Waals surface area contributed by atoms with Gasteiger partial charge in [-0.2, -0.15) is 0 Å². The molecule has 3 aromatic heterocycles. The average molecular weight is 447 g/mol. The van der Waals surface area contributed by atoms with Gasteiger partial charge in [0.2, 0.25) is 5.91 Å².